The highest BCUT2D eigenvalue weighted by Gasteiger charge is 2.20. The van der Waals surface area contributed by atoms with E-state index in [0.29, 0.717) is 25.4 Å². The minimum absolute atomic E-state index is 0.0285. The molecule has 26 heavy (non-hydrogen) atoms. The Morgan fingerprint density at radius 1 is 1.23 bits per heavy atom. The van der Waals surface area contributed by atoms with Crippen LogP contribution in [0.3, 0.4) is 0 Å². The lowest BCUT2D eigenvalue weighted by Gasteiger charge is -2.12. The molecule has 1 aliphatic heterocycles. The Morgan fingerprint density at radius 3 is 2.73 bits per heavy atom. The maximum absolute atomic E-state index is 12.3. The Kier molecular flexibility index (Phi) is 5.80. The van der Waals surface area contributed by atoms with E-state index < -0.39 is 4.92 Å². The second kappa shape index (κ2) is 8.44. The Labute approximate surface area is 151 Å². The molecule has 0 aromatic heterocycles. The number of nitro benzene ring substituents is 1. The molecule has 7 heteroatoms. The first-order valence-corrected chi connectivity index (χ1v) is 8.59. The minimum Gasteiger partial charge on any atom is -0.376 e. The molecule has 1 aliphatic rings. The van der Waals surface area contributed by atoms with Crippen molar-refractivity contribution in [2.24, 2.45) is 0 Å². The monoisotopic (exact) mass is 355 g/mol. The Balaban J connectivity index is 1.67. The molecule has 2 N–H and O–H groups in total. The quantitative estimate of drug-likeness (QED) is 0.588. The molecule has 1 fully saturated rings. The largest absolute Gasteiger partial charge is 0.376 e. The normalized spacial score (nSPS) is 16.2. The maximum Gasteiger partial charge on any atom is 0.293 e. The van der Waals surface area contributed by atoms with E-state index in [1.165, 1.54) is 6.07 Å². The highest BCUT2D eigenvalue weighted by Crippen LogP contribution is 2.26. The maximum atomic E-state index is 12.3. The number of rotatable bonds is 7. The number of amides is 1. The number of ether oxygens (including phenoxy) is 1. The zero-order chi connectivity index (χ0) is 18.4. The van der Waals surface area contributed by atoms with Crippen LogP contribution in [0.1, 0.15) is 28.8 Å². The summed E-state index contributed by atoms with van der Waals surface area (Å²) in [7, 11) is 0. The average Bonchev–Trinajstić information content (AvgIpc) is 3.18. The van der Waals surface area contributed by atoms with Crippen LogP contribution in [0.2, 0.25) is 0 Å². The highest BCUT2D eigenvalue weighted by molar-refractivity contribution is 5.95. The van der Waals surface area contributed by atoms with Gasteiger partial charge in [-0.25, -0.2) is 0 Å². The van der Waals surface area contributed by atoms with Crippen LogP contribution >= 0.6 is 0 Å². The van der Waals surface area contributed by atoms with Gasteiger partial charge >= 0.3 is 0 Å². The lowest BCUT2D eigenvalue weighted by Crippen LogP contribution is -2.31. The molecule has 0 spiro atoms. The predicted octanol–water partition coefficient (Wildman–Crippen LogP) is 3.12. The van der Waals surface area contributed by atoms with Gasteiger partial charge in [-0.15, -0.1) is 0 Å². The third-order valence-electron chi connectivity index (χ3n) is 4.30. The number of nitrogens with zero attached hydrogens (tertiary/aromatic N) is 1. The summed E-state index contributed by atoms with van der Waals surface area (Å²) in [6.07, 6.45) is 1.94. The second-order valence-corrected chi connectivity index (χ2v) is 6.17. The molecule has 1 atom stereocenters. The summed E-state index contributed by atoms with van der Waals surface area (Å²) in [5, 5.41) is 17.2. The number of hydrogen-bond donors (Lipinski definition) is 2. The van der Waals surface area contributed by atoms with Crippen molar-refractivity contribution in [3.8, 4) is 0 Å². The third kappa shape index (κ3) is 4.58. The first-order chi connectivity index (χ1) is 12.6. The zero-order valence-corrected chi connectivity index (χ0v) is 14.3. The van der Waals surface area contributed by atoms with Crippen LogP contribution in [0, 0.1) is 10.1 Å². The van der Waals surface area contributed by atoms with E-state index in [-0.39, 0.29) is 23.3 Å². The van der Waals surface area contributed by atoms with Gasteiger partial charge in [-0.2, -0.15) is 0 Å². The number of carbonyl (C=O) groups is 1. The summed E-state index contributed by atoms with van der Waals surface area (Å²) in [6, 6.07) is 14.1. The predicted molar refractivity (Wildman–Crippen MR) is 98.2 cm³/mol. The standard InChI is InChI=1S/C19H21N3O4/c23-19(21-13-16-7-4-10-26-16)15-8-9-17(18(11-15)22(24)25)20-12-14-5-2-1-3-6-14/h1-3,5-6,8-9,11,16,20H,4,7,10,12-13H2,(H,21,23)/t16-/m1/s1. The fourth-order valence-electron chi connectivity index (χ4n) is 2.88. The summed E-state index contributed by atoms with van der Waals surface area (Å²) in [5.41, 5.74) is 1.54. The molecule has 2 aromatic rings. The van der Waals surface area contributed by atoms with Crippen LogP contribution in [0.5, 0.6) is 0 Å². The molecule has 136 valence electrons. The van der Waals surface area contributed by atoms with Gasteiger partial charge in [0.25, 0.3) is 11.6 Å². The van der Waals surface area contributed by atoms with Crippen molar-refractivity contribution >= 4 is 17.3 Å². The van der Waals surface area contributed by atoms with E-state index in [0.717, 1.165) is 18.4 Å². The van der Waals surface area contributed by atoms with Gasteiger partial charge in [-0.3, -0.25) is 14.9 Å². The van der Waals surface area contributed by atoms with Crippen molar-refractivity contribution < 1.29 is 14.5 Å². The molecule has 0 bridgehead atoms. The van der Waals surface area contributed by atoms with Crippen molar-refractivity contribution in [3.05, 3.63) is 69.8 Å². The van der Waals surface area contributed by atoms with Crippen molar-refractivity contribution in [1.29, 1.82) is 0 Å². The van der Waals surface area contributed by atoms with Crippen LogP contribution in [0.4, 0.5) is 11.4 Å². The number of nitro groups is 1. The highest BCUT2D eigenvalue weighted by atomic mass is 16.6. The Morgan fingerprint density at radius 2 is 2.04 bits per heavy atom. The van der Waals surface area contributed by atoms with Gasteiger partial charge in [-0.1, -0.05) is 30.3 Å². The number of hydrogen-bond acceptors (Lipinski definition) is 5. The van der Waals surface area contributed by atoms with Gasteiger partial charge < -0.3 is 15.4 Å². The first kappa shape index (κ1) is 17.9. The fourth-order valence-corrected chi connectivity index (χ4v) is 2.88. The van der Waals surface area contributed by atoms with E-state index in [1.54, 1.807) is 12.1 Å². The number of anilines is 1. The molecule has 1 saturated heterocycles. The van der Waals surface area contributed by atoms with E-state index in [2.05, 4.69) is 10.6 Å². The zero-order valence-electron chi connectivity index (χ0n) is 14.3. The molecule has 0 radical (unpaired) electrons. The molecule has 0 saturated carbocycles. The SMILES string of the molecule is O=C(NC[C@H]1CCCO1)c1ccc(NCc2ccccc2)c([N+](=O)[O-])c1. The molecule has 0 unspecified atom stereocenters. The minimum atomic E-state index is -0.482. The van der Waals surface area contributed by atoms with Crippen molar-refractivity contribution in [2.75, 3.05) is 18.5 Å². The molecule has 1 heterocycles. The van der Waals surface area contributed by atoms with Crippen molar-refractivity contribution in [2.45, 2.75) is 25.5 Å². The lowest BCUT2D eigenvalue weighted by molar-refractivity contribution is -0.384. The third-order valence-corrected chi connectivity index (χ3v) is 4.30. The van der Waals surface area contributed by atoms with Gasteiger partial charge in [0, 0.05) is 31.3 Å². The smallest absolute Gasteiger partial charge is 0.293 e. The van der Waals surface area contributed by atoms with E-state index in [9.17, 15) is 14.9 Å². The van der Waals surface area contributed by atoms with Gasteiger partial charge in [0.1, 0.15) is 5.69 Å². The first-order valence-electron chi connectivity index (χ1n) is 8.59. The van der Waals surface area contributed by atoms with Gasteiger partial charge in [0.05, 0.1) is 11.0 Å². The molecule has 3 rings (SSSR count). The summed E-state index contributed by atoms with van der Waals surface area (Å²) >= 11 is 0. The molecular formula is C19H21N3O4. The van der Waals surface area contributed by atoms with Gasteiger partial charge in [0.15, 0.2) is 0 Å². The number of nitrogens with one attached hydrogen (secondary N) is 2. The summed E-state index contributed by atoms with van der Waals surface area (Å²) in [5.74, 6) is -0.335. The van der Waals surface area contributed by atoms with Crippen LogP contribution in [-0.2, 0) is 11.3 Å². The second-order valence-electron chi connectivity index (χ2n) is 6.17. The summed E-state index contributed by atoms with van der Waals surface area (Å²) in [4.78, 5) is 23.2. The van der Waals surface area contributed by atoms with Crippen molar-refractivity contribution in [1.82, 2.24) is 5.32 Å². The average molecular weight is 355 g/mol. The molecule has 7 nitrogen and oxygen atoms in total. The topological polar surface area (TPSA) is 93.5 Å². The summed E-state index contributed by atoms with van der Waals surface area (Å²) in [6.45, 7) is 1.60. The summed E-state index contributed by atoms with van der Waals surface area (Å²) < 4.78 is 5.46. The van der Waals surface area contributed by atoms with Gasteiger partial charge in [-0.05, 0) is 30.5 Å². The molecule has 2 aromatic carbocycles. The molecule has 1 amide bonds. The van der Waals surface area contributed by atoms with E-state index >= 15 is 0 Å². The van der Waals surface area contributed by atoms with Crippen LogP contribution < -0.4 is 10.6 Å². The molecular weight excluding hydrogens is 334 g/mol. The van der Waals surface area contributed by atoms with E-state index in [1.807, 2.05) is 30.3 Å². The lowest BCUT2D eigenvalue weighted by atomic mass is 10.1. The van der Waals surface area contributed by atoms with Crippen LogP contribution in [-0.4, -0.2) is 30.1 Å². The Hall–Kier alpha value is -2.93. The fraction of sp³-hybridized carbons (Fsp3) is 0.316. The Bertz CT molecular complexity index is 774. The van der Waals surface area contributed by atoms with Crippen molar-refractivity contribution in [3.63, 3.8) is 0 Å². The van der Waals surface area contributed by atoms with Crippen LogP contribution in [0.25, 0.3) is 0 Å². The van der Waals surface area contributed by atoms with E-state index in [4.69, 9.17) is 4.74 Å². The number of benzene rings is 2. The molecule has 0 aliphatic carbocycles. The van der Waals surface area contributed by atoms with Gasteiger partial charge in [0.2, 0.25) is 0 Å². The number of carbonyl (C=O) groups excluding carboxylic acids is 1. The van der Waals surface area contributed by atoms with Crippen LogP contribution in [0.15, 0.2) is 48.5 Å².